The van der Waals surface area contributed by atoms with E-state index >= 15 is 0 Å². The van der Waals surface area contributed by atoms with Crippen LogP contribution in [0, 0.1) is 13.8 Å². The van der Waals surface area contributed by atoms with Crippen molar-refractivity contribution in [2.75, 3.05) is 20.2 Å². The molecule has 2 aromatic rings. The lowest BCUT2D eigenvalue weighted by molar-refractivity contribution is 0.0939. The Labute approximate surface area is 192 Å². The highest BCUT2D eigenvalue weighted by molar-refractivity contribution is 7.89. The van der Waals surface area contributed by atoms with Crippen LogP contribution in [0.4, 0.5) is 0 Å². The molecule has 1 unspecified atom stereocenters. The molecule has 0 bridgehead atoms. The van der Waals surface area contributed by atoms with Gasteiger partial charge in [-0.2, -0.15) is 4.31 Å². The molecule has 1 atom stereocenters. The molecule has 3 rings (SSSR count). The molecule has 1 amide bonds. The molecule has 1 aliphatic rings. The summed E-state index contributed by atoms with van der Waals surface area (Å²) in [7, 11) is -1.93. The third-order valence-electron chi connectivity index (χ3n) is 6.19. The van der Waals surface area contributed by atoms with Crippen molar-refractivity contribution in [3.8, 4) is 5.75 Å². The van der Waals surface area contributed by atoms with E-state index in [4.69, 9.17) is 4.74 Å². The number of sulfonamides is 1. The van der Waals surface area contributed by atoms with E-state index in [-0.39, 0.29) is 22.8 Å². The van der Waals surface area contributed by atoms with E-state index in [2.05, 4.69) is 25.2 Å². The first-order valence-electron chi connectivity index (χ1n) is 11.2. The van der Waals surface area contributed by atoms with E-state index in [9.17, 15) is 13.2 Å². The Morgan fingerprint density at radius 1 is 1.00 bits per heavy atom. The fourth-order valence-corrected chi connectivity index (χ4v) is 6.02. The highest BCUT2D eigenvalue weighted by Gasteiger charge is 2.29. The lowest BCUT2D eigenvalue weighted by atomic mass is 9.93. The second-order valence-electron chi connectivity index (χ2n) is 8.89. The van der Waals surface area contributed by atoms with E-state index in [1.165, 1.54) is 10.4 Å². The van der Waals surface area contributed by atoms with Crippen molar-refractivity contribution >= 4 is 15.9 Å². The Morgan fingerprint density at radius 2 is 1.66 bits per heavy atom. The number of rotatable bonds is 7. The predicted octanol–water partition coefficient (Wildman–Crippen LogP) is 4.71. The maximum Gasteiger partial charge on any atom is 0.251 e. The highest BCUT2D eigenvalue weighted by Crippen LogP contribution is 2.32. The van der Waals surface area contributed by atoms with Crippen LogP contribution in [0.3, 0.4) is 0 Å². The zero-order valence-electron chi connectivity index (χ0n) is 19.9. The van der Waals surface area contributed by atoms with Crippen LogP contribution >= 0.6 is 0 Å². The first kappa shape index (κ1) is 24.3. The van der Waals surface area contributed by atoms with Gasteiger partial charge in [0.1, 0.15) is 5.75 Å². The summed E-state index contributed by atoms with van der Waals surface area (Å²) in [6, 6.07) is 8.73. The smallest absolute Gasteiger partial charge is 0.251 e. The van der Waals surface area contributed by atoms with E-state index < -0.39 is 10.0 Å². The molecular formula is C25H34N2O4S. The van der Waals surface area contributed by atoms with Crippen molar-refractivity contribution < 1.29 is 17.9 Å². The van der Waals surface area contributed by atoms with Gasteiger partial charge in [-0.25, -0.2) is 8.42 Å². The minimum absolute atomic E-state index is 0.211. The van der Waals surface area contributed by atoms with Crippen LogP contribution in [-0.4, -0.2) is 38.8 Å². The lowest BCUT2D eigenvalue weighted by Crippen LogP contribution is -2.30. The average molecular weight is 459 g/mol. The monoisotopic (exact) mass is 458 g/mol. The number of amides is 1. The number of carbonyl (C=O) groups excluding carboxylic acids is 1. The van der Waals surface area contributed by atoms with Gasteiger partial charge in [-0.3, -0.25) is 4.79 Å². The zero-order chi connectivity index (χ0) is 23.6. The number of nitrogens with one attached hydrogen (secondary N) is 1. The summed E-state index contributed by atoms with van der Waals surface area (Å²) >= 11 is 0. The summed E-state index contributed by atoms with van der Waals surface area (Å²) in [4.78, 5) is 13.3. The van der Waals surface area contributed by atoms with Gasteiger partial charge in [-0.1, -0.05) is 19.9 Å². The summed E-state index contributed by atoms with van der Waals surface area (Å²) in [5.74, 6) is 0.828. The number of hydrogen-bond acceptors (Lipinski definition) is 4. The van der Waals surface area contributed by atoms with Crippen molar-refractivity contribution in [2.45, 2.75) is 64.3 Å². The maximum atomic E-state index is 13.1. The third-order valence-corrected chi connectivity index (χ3v) is 8.23. The van der Waals surface area contributed by atoms with Gasteiger partial charge in [-0.15, -0.1) is 0 Å². The van der Waals surface area contributed by atoms with Crippen LogP contribution in [0.15, 0.2) is 35.2 Å². The summed E-state index contributed by atoms with van der Waals surface area (Å²) in [6.07, 6.45) is 1.74. The quantitative estimate of drug-likeness (QED) is 0.652. The molecule has 6 nitrogen and oxygen atoms in total. The van der Waals surface area contributed by atoms with Gasteiger partial charge in [0.25, 0.3) is 5.91 Å². The fraction of sp³-hybridized carbons (Fsp3) is 0.480. The molecule has 1 N–H and O–H groups in total. The minimum atomic E-state index is -3.60. The number of benzene rings is 2. The van der Waals surface area contributed by atoms with Gasteiger partial charge >= 0.3 is 0 Å². The average Bonchev–Trinajstić information content (AvgIpc) is 3.29. The molecule has 1 saturated heterocycles. The first-order chi connectivity index (χ1) is 15.1. The maximum absolute atomic E-state index is 13.1. The predicted molar refractivity (Wildman–Crippen MR) is 127 cm³/mol. The van der Waals surface area contributed by atoms with Gasteiger partial charge in [0.05, 0.1) is 18.0 Å². The number of methoxy groups -OCH3 is 1. The molecule has 1 fully saturated rings. The SMILES string of the molecule is COc1cc(C)c(C(C)NC(=O)c2ccc(C)c(S(=O)(=O)N3CCCC3)c2)cc1C(C)C. The molecular weight excluding hydrogens is 424 g/mol. The van der Waals surface area contributed by atoms with Crippen LogP contribution in [0.25, 0.3) is 0 Å². The molecule has 0 aromatic heterocycles. The Hall–Kier alpha value is -2.38. The molecule has 0 spiro atoms. The number of carbonyl (C=O) groups is 1. The minimum Gasteiger partial charge on any atom is -0.496 e. The van der Waals surface area contributed by atoms with Crippen LogP contribution in [0.5, 0.6) is 5.75 Å². The largest absolute Gasteiger partial charge is 0.496 e. The van der Waals surface area contributed by atoms with Crippen molar-refractivity contribution in [3.05, 3.63) is 58.1 Å². The van der Waals surface area contributed by atoms with E-state index in [1.807, 2.05) is 19.9 Å². The van der Waals surface area contributed by atoms with Crippen molar-refractivity contribution in [1.82, 2.24) is 9.62 Å². The topological polar surface area (TPSA) is 75.7 Å². The molecule has 0 aliphatic carbocycles. The van der Waals surface area contributed by atoms with Gasteiger partial charge in [0, 0.05) is 18.7 Å². The summed E-state index contributed by atoms with van der Waals surface area (Å²) in [5.41, 5.74) is 4.12. The lowest BCUT2D eigenvalue weighted by Gasteiger charge is -2.21. The second kappa shape index (κ2) is 9.63. The molecule has 1 aliphatic heterocycles. The molecule has 32 heavy (non-hydrogen) atoms. The second-order valence-corrected chi connectivity index (χ2v) is 10.8. The van der Waals surface area contributed by atoms with Crippen molar-refractivity contribution in [1.29, 1.82) is 0 Å². The Kier molecular flexibility index (Phi) is 7.30. The molecule has 2 aromatic carbocycles. The van der Waals surface area contributed by atoms with Crippen LogP contribution in [0.2, 0.25) is 0 Å². The molecule has 0 saturated carbocycles. The first-order valence-corrected chi connectivity index (χ1v) is 12.6. The Balaban J connectivity index is 1.87. The van der Waals surface area contributed by atoms with Gasteiger partial charge in [0.15, 0.2) is 0 Å². The number of nitrogens with zero attached hydrogens (tertiary/aromatic N) is 1. The normalized spacial score (nSPS) is 15.7. The number of ether oxygens (including phenoxy) is 1. The van der Waals surface area contributed by atoms with Crippen LogP contribution in [0.1, 0.15) is 78.2 Å². The van der Waals surface area contributed by atoms with Gasteiger partial charge in [0.2, 0.25) is 10.0 Å². The van der Waals surface area contributed by atoms with Crippen molar-refractivity contribution in [3.63, 3.8) is 0 Å². The summed E-state index contributed by atoms with van der Waals surface area (Å²) in [5, 5.41) is 3.04. The summed E-state index contributed by atoms with van der Waals surface area (Å²) in [6.45, 7) is 11.0. The Morgan fingerprint density at radius 3 is 2.25 bits per heavy atom. The molecule has 1 heterocycles. The molecule has 0 radical (unpaired) electrons. The Bertz CT molecular complexity index is 1100. The molecule has 174 valence electrons. The van der Waals surface area contributed by atoms with Crippen molar-refractivity contribution in [2.24, 2.45) is 0 Å². The van der Waals surface area contributed by atoms with E-state index in [1.54, 1.807) is 26.2 Å². The fourth-order valence-electron chi connectivity index (χ4n) is 4.25. The van der Waals surface area contributed by atoms with E-state index in [0.717, 1.165) is 35.3 Å². The van der Waals surface area contributed by atoms with Gasteiger partial charge in [-0.05, 0) is 86.1 Å². The number of aryl methyl sites for hydroxylation is 2. The van der Waals surface area contributed by atoms with Gasteiger partial charge < -0.3 is 10.1 Å². The summed E-state index contributed by atoms with van der Waals surface area (Å²) < 4.78 is 33.2. The standard InChI is InChI=1S/C25H34N2O4S/c1-16(2)21-15-22(18(4)13-23(21)31-6)19(5)26-25(28)20-10-9-17(3)24(14-20)32(29,30)27-11-7-8-12-27/h9-10,13-16,19H,7-8,11-12H2,1-6H3,(H,26,28). The van der Waals surface area contributed by atoms with E-state index in [0.29, 0.717) is 24.2 Å². The van der Waals surface area contributed by atoms with Crippen LogP contribution in [-0.2, 0) is 10.0 Å². The number of hydrogen-bond donors (Lipinski definition) is 1. The molecule has 7 heteroatoms. The third kappa shape index (κ3) is 4.84. The highest BCUT2D eigenvalue weighted by atomic mass is 32.2. The van der Waals surface area contributed by atoms with Crippen LogP contribution < -0.4 is 10.1 Å². The zero-order valence-corrected chi connectivity index (χ0v) is 20.7.